The number of benzene rings is 2. The van der Waals surface area contributed by atoms with Crippen LogP contribution in [0, 0.1) is 0 Å². The monoisotopic (exact) mass is 235 g/mol. The van der Waals surface area contributed by atoms with E-state index in [0.717, 1.165) is 12.8 Å². The van der Waals surface area contributed by atoms with Gasteiger partial charge in [0.05, 0.1) is 6.04 Å². The van der Waals surface area contributed by atoms with E-state index in [1.165, 1.54) is 23.3 Å². The van der Waals surface area contributed by atoms with E-state index < -0.39 is 0 Å². The lowest BCUT2D eigenvalue weighted by molar-refractivity contribution is 0.667. The minimum Gasteiger partial charge on any atom is -0.285 e. The summed E-state index contributed by atoms with van der Waals surface area (Å²) >= 11 is 0. The van der Waals surface area contributed by atoms with Crippen LogP contribution in [0.2, 0.25) is 0 Å². The maximum atomic E-state index is 4.87. The fraction of sp³-hybridized carbons (Fsp3) is 0.235. The van der Waals surface area contributed by atoms with Crippen molar-refractivity contribution in [1.29, 1.82) is 0 Å². The predicted octanol–water partition coefficient (Wildman–Crippen LogP) is 3.88. The second kappa shape index (κ2) is 5.18. The molecule has 0 spiro atoms. The lowest BCUT2D eigenvalue weighted by Gasteiger charge is -2.05. The van der Waals surface area contributed by atoms with Crippen LogP contribution >= 0.6 is 0 Å². The molecule has 0 aromatic heterocycles. The Balaban J connectivity index is 1.73. The quantitative estimate of drug-likeness (QED) is 0.765. The zero-order chi connectivity index (χ0) is 12.2. The van der Waals surface area contributed by atoms with E-state index in [0.29, 0.717) is 6.04 Å². The maximum absolute atomic E-state index is 4.87. The molecule has 0 N–H and O–H groups in total. The van der Waals surface area contributed by atoms with Crippen molar-refractivity contribution in [2.45, 2.75) is 25.3 Å². The van der Waals surface area contributed by atoms with Crippen LogP contribution < -0.4 is 0 Å². The van der Waals surface area contributed by atoms with Crippen molar-refractivity contribution in [1.82, 2.24) is 0 Å². The van der Waals surface area contributed by atoms with Gasteiger partial charge in [0.2, 0.25) is 0 Å². The molecule has 1 heteroatoms. The van der Waals surface area contributed by atoms with E-state index >= 15 is 0 Å². The molecule has 1 nitrogen and oxygen atoms in total. The first-order valence-electron chi connectivity index (χ1n) is 6.58. The van der Waals surface area contributed by atoms with Crippen LogP contribution in [-0.4, -0.2) is 11.8 Å². The van der Waals surface area contributed by atoms with Gasteiger partial charge in [0.25, 0.3) is 0 Å². The number of rotatable bonds is 3. The third kappa shape index (κ3) is 2.51. The smallest absolute Gasteiger partial charge is 0.0547 e. The first-order valence-corrected chi connectivity index (χ1v) is 6.58. The molecule has 0 saturated carbocycles. The van der Waals surface area contributed by atoms with Crippen molar-refractivity contribution in [3.05, 3.63) is 71.8 Å². The first-order chi connectivity index (χ1) is 8.92. The molecule has 1 aliphatic heterocycles. The molecule has 3 rings (SSSR count). The molecular weight excluding hydrogens is 218 g/mol. The average Bonchev–Trinajstić information content (AvgIpc) is 2.89. The molecule has 90 valence electrons. The van der Waals surface area contributed by atoms with Gasteiger partial charge in [0.1, 0.15) is 0 Å². The van der Waals surface area contributed by atoms with Gasteiger partial charge in [-0.3, -0.25) is 4.99 Å². The Kier molecular flexibility index (Phi) is 3.22. The number of hydrogen-bond donors (Lipinski definition) is 0. The molecule has 0 radical (unpaired) electrons. The molecule has 0 fully saturated rings. The Labute approximate surface area is 108 Å². The standard InChI is InChI=1S/C17H17N/c1-3-7-14(8-4-1)13-16-11-12-17(18-16)15-9-5-2-6-10-15/h1-10,16H,11-13H2/t16-/m0/s1. The van der Waals surface area contributed by atoms with E-state index in [1.54, 1.807) is 0 Å². The highest BCUT2D eigenvalue weighted by atomic mass is 14.8. The normalized spacial score (nSPS) is 18.7. The number of aliphatic imine (C=N–C) groups is 1. The Morgan fingerprint density at radius 3 is 2.28 bits per heavy atom. The van der Waals surface area contributed by atoms with Crippen LogP contribution in [0.25, 0.3) is 0 Å². The van der Waals surface area contributed by atoms with Crippen molar-refractivity contribution in [2.75, 3.05) is 0 Å². The second-order valence-electron chi connectivity index (χ2n) is 4.82. The molecule has 1 heterocycles. The summed E-state index contributed by atoms with van der Waals surface area (Å²) in [6.07, 6.45) is 3.36. The largest absolute Gasteiger partial charge is 0.285 e. The van der Waals surface area contributed by atoms with Crippen LogP contribution in [0.3, 0.4) is 0 Å². The fourth-order valence-corrected chi connectivity index (χ4v) is 2.54. The Bertz CT molecular complexity index is 528. The van der Waals surface area contributed by atoms with Gasteiger partial charge < -0.3 is 0 Å². The van der Waals surface area contributed by atoms with Crippen LogP contribution in [0.1, 0.15) is 24.0 Å². The highest BCUT2D eigenvalue weighted by Crippen LogP contribution is 2.21. The van der Waals surface area contributed by atoms with Crippen molar-refractivity contribution in [2.24, 2.45) is 4.99 Å². The van der Waals surface area contributed by atoms with E-state index in [-0.39, 0.29) is 0 Å². The van der Waals surface area contributed by atoms with Crippen LogP contribution in [0.5, 0.6) is 0 Å². The van der Waals surface area contributed by atoms with Gasteiger partial charge >= 0.3 is 0 Å². The summed E-state index contributed by atoms with van der Waals surface area (Å²) in [6, 6.07) is 21.7. The summed E-state index contributed by atoms with van der Waals surface area (Å²) in [4.78, 5) is 4.87. The Morgan fingerprint density at radius 1 is 0.889 bits per heavy atom. The van der Waals surface area contributed by atoms with Gasteiger partial charge in [0, 0.05) is 5.71 Å². The summed E-state index contributed by atoms with van der Waals surface area (Å²) in [5.41, 5.74) is 3.95. The zero-order valence-corrected chi connectivity index (χ0v) is 10.4. The molecule has 2 aromatic carbocycles. The maximum Gasteiger partial charge on any atom is 0.0547 e. The highest BCUT2D eigenvalue weighted by molar-refractivity contribution is 6.01. The minimum absolute atomic E-state index is 0.461. The number of hydrogen-bond acceptors (Lipinski definition) is 1. The summed E-state index contributed by atoms with van der Waals surface area (Å²) in [5, 5.41) is 0. The summed E-state index contributed by atoms with van der Waals surface area (Å²) in [7, 11) is 0. The molecule has 0 saturated heterocycles. The molecule has 1 aliphatic rings. The van der Waals surface area contributed by atoms with Crippen LogP contribution in [-0.2, 0) is 6.42 Å². The Hall–Kier alpha value is -1.89. The molecule has 0 aliphatic carbocycles. The van der Waals surface area contributed by atoms with E-state index in [2.05, 4.69) is 60.7 Å². The summed E-state index contributed by atoms with van der Waals surface area (Å²) < 4.78 is 0. The molecule has 0 unspecified atom stereocenters. The lowest BCUT2D eigenvalue weighted by Crippen LogP contribution is -2.03. The van der Waals surface area contributed by atoms with Crippen LogP contribution in [0.4, 0.5) is 0 Å². The van der Waals surface area contributed by atoms with Crippen molar-refractivity contribution < 1.29 is 0 Å². The second-order valence-corrected chi connectivity index (χ2v) is 4.82. The number of nitrogens with zero attached hydrogens (tertiary/aromatic N) is 1. The van der Waals surface area contributed by atoms with Gasteiger partial charge in [-0.25, -0.2) is 0 Å². The molecule has 0 bridgehead atoms. The van der Waals surface area contributed by atoms with Gasteiger partial charge in [0.15, 0.2) is 0 Å². The van der Waals surface area contributed by atoms with Gasteiger partial charge in [-0.15, -0.1) is 0 Å². The van der Waals surface area contributed by atoms with Gasteiger partial charge in [-0.05, 0) is 30.4 Å². The highest BCUT2D eigenvalue weighted by Gasteiger charge is 2.18. The van der Waals surface area contributed by atoms with Crippen molar-refractivity contribution in [3.63, 3.8) is 0 Å². The molecule has 18 heavy (non-hydrogen) atoms. The topological polar surface area (TPSA) is 12.4 Å². The average molecular weight is 235 g/mol. The molecular formula is C17H17N. The third-order valence-electron chi connectivity index (χ3n) is 3.47. The first kappa shape index (κ1) is 11.2. The van der Waals surface area contributed by atoms with Crippen molar-refractivity contribution >= 4 is 5.71 Å². The van der Waals surface area contributed by atoms with E-state index in [4.69, 9.17) is 4.99 Å². The SMILES string of the molecule is c1ccc(C[C@@H]2CCC(c3ccccc3)=N2)cc1. The zero-order valence-electron chi connectivity index (χ0n) is 10.4. The third-order valence-corrected chi connectivity index (χ3v) is 3.47. The predicted molar refractivity (Wildman–Crippen MR) is 76.1 cm³/mol. The van der Waals surface area contributed by atoms with E-state index in [9.17, 15) is 0 Å². The fourth-order valence-electron chi connectivity index (χ4n) is 2.54. The summed E-state index contributed by atoms with van der Waals surface area (Å²) in [5.74, 6) is 0. The van der Waals surface area contributed by atoms with Crippen LogP contribution in [0.15, 0.2) is 65.7 Å². The molecule has 2 aromatic rings. The lowest BCUT2D eigenvalue weighted by atomic mass is 10.0. The molecule has 1 atom stereocenters. The summed E-state index contributed by atoms with van der Waals surface area (Å²) in [6.45, 7) is 0. The van der Waals surface area contributed by atoms with Gasteiger partial charge in [-0.1, -0.05) is 60.7 Å². The minimum atomic E-state index is 0.461. The van der Waals surface area contributed by atoms with E-state index in [1.807, 2.05) is 0 Å². The van der Waals surface area contributed by atoms with Gasteiger partial charge in [-0.2, -0.15) is 0 Å². The van der Waals surface area contributed by atoms with Crippen molar-refractivity contribution in [3.8, 4) is 0 Å². The Morgan fingerprint density at radius 2 is 1.56 bits per heavy atom. The molecule has 0 amide bonds.